The van der Waals surface area contributed by atoms with E-state index in [2.05, 4.69) is 5.32 Å². The Morgan fingerprint density at radius 3 is 2.55 bits per heavy atom. The second-order valence-corrected chi connectivity index (χ2v) is 9.46. The van der Waals surface area contributed by atoms with Crippen molar-refractivity contribution < 1.29 is 23.5 Å². The minimum atomic E-state index is -0.519. The fourth-order valence-electron chi connectivity index (χ4n) is 4.27. The minimum Gasteiger partial charge on any atom is -0.467 e. The summed E-state index contributed by atoms with van der Waals surface area (Å²) < 4.78 is 10.7. The first-order chi connectivity index (χ1) is 14.7. The van der Waals surface area contributed by atoms with Gasteiger partial charge in [-0.3, -0.25) is 9.59 Å². The zero-order chi connectivity index (χ0) is 22.4. The molecule has 0 bridgehead atoms. The Bertz CT molecular complexity index is 748. The lowest BCUT2D eigenvalue weighted by molar-refractivity contribution is -0.136. The minimum absolute atomic E-state index is 0.0162. The summed E-state index contributed by atoms with van der Waals surface area (Å²) in [5.41, 5.74) is -0.519. The molecule has 2 saturated heterocycles. The molecular formula is C23H35N3O5. The molecule has 1 aromatic heterocycles. The van der Waals surface area contributed by atoms with Gasteiger partial charge in [-0.25, -0.2) is 4.79 Å². The van der Waals surface area contributed by atoms with Gasteiger partial charge in [0.2, 0.25) is 11.8 Å². The van der Waals surface area contributed by atoms with E-state index in [0.717, 1.165) is 18.6 Å². The number of nitrogens with zero attached hydrogens (tertiary/aromatic N) is 2. The lowest BCUT2D eigenvalue weighted by Gasteiger charge is -2.32. The van der Waals surface area contributed by atoms with Gasteiger partial charge < -0.3 is 24.3 Å². The quantitative estimate of drug-likeness (QED) is 0.743. The van der Waals surface area contributed by atoms with E-state index in [1.54, 1.807) is 17.2 Å². The Kier molecular flexibility index (Phi) is 7.62. The number of piperidine rings is 1. The molecule has 3 amide bonds. The molecule has 2 aliphatic heterocycles. The van der Waals surface area contributed by atoms with E-state index in [1.165, 1.54) is 0 Å². The van der Waals surface area contributed by atoms with Gasteiger partial charge in [0, 0.05) is 38.0 Å². The first-order valence-electron chi connectivity index (χ1n) is 11.3. The molecule has 2 aliphatic rings. The van der Waals surface area contributed by atoms with E-state index in [1.807, 2.05) is 31.7 Å². The number of rotatable bonds is 6. The summed E-state index contributed by atoms with van der Waals surface area (Å²) in [4.78, 5) is 41.1. The van der Waals surface area contributed by atoms with Crippen LogP contribution in [0, 0.1) is 5.92 Å². The molecule has 1 N–H and O–H groups in total. The van der Waals surface area contributed by atoms with Crippen LogP contribution in [0.4, 0.5) is 4.79 Å². The van der Waals surface area contributed by atoms with Gasteiger partial charge in [-0.1, -0.05) is 0 Å². The fraction of sp³-hybridized carbons (Fsp3) is 0.696. The van der Waals surface area contributed by atoms with Gasteiger partial charge in [-0.05, 0) is 65.0 Å². The lowest BCUT2D eigenvalue weighted by atomic mass is 9.95. The molecule has 0 unspecified atom stereocenters. The maximum absolute atomic E-state index is 12.7. The van der Waals surface area contributed by atoms with Crippen molar-refractivity contribution in [1.29, 1.82) is 0 Å². The van der Waals surface area contributed by atoms with Crippen LogP contribution in [-0.4, -0.2) is 59.0 Å². The van der Waals surface area contributed by atoms with Gasteiger partial charge in [0.25, 0.3) is 0 Å². The Balaban J connectivity index is 1.38. The predicted octanol–water partition coefficient (Wildman–Crippen LogP) is 3.31. The first kappa shape index (κ1) is 23.2. The number of carbonyl (C=O) groups excluding carboxylic acids is 3. The number of nitrogens with one attached hydrogen (secondary N) is 1. The number of likely N-dealkylation sites (tertiary alicyclic amines) is 2. The van der Waals surface area contributed by atoms with E-state index in [9.17, 15) is 14.4 Å². The molecule has 0 saturated carbocycles. The summed E-state index contributed by atoms with van der Waals surface area (Å²) in [7, 11) is 0. The molecule has 8 heteroatoms. The van der Waals surface area contributed by atoms with Crippen LogP contribution in [-0.2, 0) is 20.9 Å². The van der Waals surface area contributed by atoms with Crippen molar-refractivity contribution in [3.8, 4) is 0 Å². The Morgan fingerprint density at radius 2 is 1.90 bits per heavy atom. The summed E-state index contributed by atoms with van der Waals surface area (Å²) in [6, 6.07) is 3.68. The van der Waals surface area contributed by atoms with Crippen LogP contribution in [0.5, 0.6) is 0 Å². The number of ether oxygens (including phenoxy) is 1. The average Bonchev–Trinajstić information content (AvgIpc) is 3.41. The van der Waals surface area contributed by atoms with Gasteiger partial charge in [0.15, 0.2) is 0 Å². The molecule has 3 rings (SSSR count). The van der Waals surface area contributed by atoms with Gasteiger partial charge in [0.1, 0.15) is 11.4 Å². The van der Waals surface area contributed by atoms with Crippen LogP contribution in [0.3, 0.4) is 0 Å². The highest BCUT2D eigenvalue weighted by atomic mass is 16.6. The highest BCUT2D eigenvalue weighted by molar-refractivity contribution is 5.80. The van der Waals surface area contributed by atoms with Crippen LogP contribution in [0.25, 0.3) is 0 Å². The number of furan rings is 1. The second-order valence-electron chi connectivity index (χ2n) is 9.46. The third-order valence-corrected chi connectivity index (χ3v) is 5.93. The molecular weight excluding hydrogens is 398 g/mol. The standard InChI is InChI=1S/C23H35N3O5/c1-23(2,3)31-22(29)26-12-4-6-18(26)8-9-20(27)25-13-10-17(11-14-25)21(28)24-16-19-7-5-15-30-19/h5,7,15,17-18H,4,6,8-14,16H2,1-3H3,(H,24,28)/t18-/m0/s1. The molecule has 0 aromatic carbocycles. The van der Waals surface area contributed by atoms with E-state index >= 15 is 0 Å². The number of hydrogen-bond donors (Lipinski definition) is 1. The van der Waals surface area contributed by atoms with Crippen molar-refractivity contribution in [1.82, 2.24) is 15.1 Å². The summed E-state index contributed by atoms with van der Waals surface area (Å²) in [6.45, 7) is 7.85. The highest BCUT2D eigenvalue weighted by Gasteiger charge is 2.33. The average molecular weight is 434 g/mol. The molecule has 2 fully saturated rings. The van der Waals surface area contributed by atoms with Crippen molar-refractivity contribution in [2.24, 2.45) is 5.92 Å². The van der Waals surface area contributed by atoms with E-state index in [4.69, 9.17) is 9.15 Å². The maximum atomic E-state index is 12.7. The van der Waals surface area contributed by atoms with Crippen LogP contribution in [0.1, 0.15) is 65.1 Å². The lowest BCUT2D eigenvalue weighted by Crippen LogP contribution is -2.43. The topological polar surface area (TPSA) is 92.1 Å². The monoisotopic (exact) mass is 433 g/mol. The van der Waals surface area contributed by atoms with Crippen LogP contribution in [0.2, 0.25) is 0 Å². The number of carbonyl (C=O) groups is 3. The molecule has 0 aliphatic carbocycles. The van der Waals surface area contributed by atoms with Gasteiger partial charge in [-0.2, -0.15) is 0 Å². The summed E-state index contributed by atoms with van der Waals surface area (Å²) in [5.74, 6) is 0.776. The van der Waals surface area contributed by atoms with Crippen molar-refractivity contribution in [2.45, 2.75) is 77.5 Å². The summed E-state index contributed by atoms with van der Waals surface area (Å²) >= 11 is 0. The Morgan fingerprint density at radius 1 is 1.16 bits per heavy atom. The molecule has 1 atom stereocenters. The van der Waals surface area contributed by atoms with E-state index in [-0.39, 0.29) is 29.9 Å². The van der Waals surface area contributed by atoms with Gasteiger partial charge in [-0.15, -0.1) is 0 Å². The summed E-state index contributed by atoms with van der Waals surface area (Å²) in [6.07, 6.45) is 5.56. The first-order valence-corrected chi connectivity index (χ1v) is 11.3. The second kappa shape index (κ2) is 10.2. The molecule has 1 aromatic rings. The zero-order valence-electron chi connectivity index (χ0n) is 18.9. The largest absolute Gasteiger partial charge is 0.467 e. The van der Waals surface area contributed by atoms with Crippen molar-refractivity contribution in [2.75, 3.05) is 19.6 Å². The van der Waals surface area contributed by atoms with Gasteiger partial charge in [0.05, 0.1) is 12.8 Å². The summed E-state index contributed by atoms with van der Waals surface area (Å²) in [5, 5.41) is 2.91. The van der Waals surface area contributed by atoms with E-state index < -0.39 is 5.60 Å². The van der Waals surface area contributed by atoms with Crippen molar-refractivity contribution in [3.05, 3.63) is 24.2 Å². The maximum Gasteiger partial charge on any atom is 0.410 e. The van der Waals surface area contributed by atoms with E-state index in [0.29, 0.717) is 51.9 Å². The SMILES string of the molecule is CC(C)(C)OC(=O)N1CCC[C@H]1CCC(=O)N1CCC(C(=O)NCc2ccco2)CC1. The molecule has 172 valence electrons. The predicted molar refractivity (Wildman–Crippen MR) is 115 cm³/mol. The highest BCUT2D eigenvalue weighted by Crippen LogP contribution is 2.25. The normalized spacial score (nSPS) is 20.0. The zero-order valence-corrected chi connectivity index (χ0v) is 18.9. The Hall–Kier alpha value is -2.51. The van der Waals surface area contributed by atoms with Crippen molar-refractivity contribution >= 4 is 17.9 Å². The number of hydrogen-bond acceptors (Lipinski definition) is 5. The van der Waals surface area contributed by atoms with Crippen LogP contribution >= 0.6 is 0 Å². The molecule has 8 nitrogen and oxygen atoms in total. The molecule has 0 spiro atoms. The molecule has 3 heterocycles. The Labute approximate surface area is 184 Å². The van der Waals surface area contributed by atoms with Crippen LogP contribution in [0.15, 0.2) is 22.8 Å². The van der Waals surface area contributed by atoms with Crippen LogP contribution < -0.4 is 5.32 Å². The third-order valence-electron chi connectivity index (χ3n) is 5.93. The smallest absolute Gasteiger partial charge is 0.410 e. The number of amides is 3. The molecule has 31 heavy (non-hydrogen) atoms. The van der Waals surface area contributed by atoms with Gasteiger partial charge >= 0.3 is 6.09 Å². The fourth-order valence-corrected chi connectivity index (χ4v) is 4.27. The third kappa shape index (κ3) is 6.74. The molecule has 0 radical (unpaired) electrons. The van der Waals surface area contributed by atoms with Crippen molar-refractivity contribution in [3.63, 3.8) is 0 Å².